The highest BCUT2D eigenvalue weighted by molar-refractivity contribution is 5.82. The van der Waals surface area contributed by atoms with Crippen molar-refractivity contribution in [3.8, 4) is 0 Å². The number of aliphatic hydroxyl groups is 2. The molecule has 3 rings (SSSR count). The Balaban J connectivity index is 1.47. The maximum absolute atomic E-state index is 12.8. The van der Waals surface area contributed by atoms with E-state index in [1.165, 1.54) is 38.5 Å². The van der Waals surface area contributed by atoms with Gasteiger partial charge < -0.3 is 20.8 Å². The fraction of sp³-hybridized carbons (Fsp3) is 0.708. The van der Waals surface area contributed by atoms with Crippen LogP contribution in [0.25, 0.3) is 0 Å². The predicted octanol–water partition coefficient (Wildman–Crippen LogP) is 3.17. The van der Waals surface area contributed by atoms with Gasteiger partial charge in [-0.2, -0.15) is 0 Å². The lowest BCUT2D eigenvalue weighted by atomic mass is 9.78. The number of nitrogens with one attached hydrogen (secondary N) is 2. The molecule has 0 bridgehead atoms. The van der Waals surface area contributed by atoms with Gasteiger partial charge in [0.1, 0.15) is 6.10 Å². The molecule has 1 saturated heterocycles. The van der Waals surface area contributed by atoms with Crippen LogP contribution in [0.5, 0.6) is 0 Å². The van der Waals surface area contributed by atoms with Gasteiger partial charge in [-0.3, -0.25) is 4.79 Å². The monoisotopic (exact) mass is 402 g/mol. The van der Waals surface area contributed by atoms with Crippen molar-refractivity contribution in [2.24, 2.45) is 17.8 Å². The molecule has 0 spiro atoms. The molecular weight excluding hydrogens is 364 g/mol. The number of benzene rings is 1. The first kappa shape index (κ1) is 22.3. The molecule has 1 amide bonds. The molecule has 0 aromatic heterocycles. The largest absolute Gasteiger partial charge is 0.394 e. The van der Waals surface area contributed by atoms with Crippen molar-refractivity contribution in [2.45, 2.75) is 76.5 Å². The maximum Gasteiger partial charge on any atom is 0.237 e. The van der Waals surface area contributed by atoms with Crippen LogP contribution in [0.1, 0.15) is 70.0 Å². The highest BCUT2D eigenvalue weighted by Gasteiger charge is 2.30. The van der Waals surface area contributed by atoms with Crippen molar-refractivity contribution in [3.05, 3.63) is 35.9 Å². The minimum atomic E-state index is -0.918. The van der Waals surface area contributed by atoms with E-state index in [-0.39, 0.29) is 18.6 Å². The second-order valence-corrected chi connectivity index (χ2v) is 9.25. The van der Waals surface area contributed by atoms with Gasteiger partial charge in [-0.15, -0.1) is 0 Å². The number of hydrogen-bond donors (Lipinski definition) is 4. The first-order valence-corrected chi connectivity index (χ1v) is 11.4. The zero-order valence-electron chi connectivity index (χ0n) is 17.7. The van der Waals surface area contributed by atoms with E-state index in [4.69, 9.17) is 0 Å². The van der Waals surface area contributed by atoms with Crippen molar-refractivity contribution < 1.29 is 15.0 Å². The topological polar surface area (TPSA) is 81.6 Å². The number of carbonyl (C=O) groups is 1. The molecule has 1 heterocycles. The summed E-state index contributed by atoms with van der Waals surface area (Å²) in [5.74, 6) is 2.23. The molecule has 0 unspecified atom stereocenters. The second kappa shape index (κ2) is 11.1. The predicted molar refractivity (Wildman–Crippen MR) is 115 cm³/mol. The molecule has 2 aliphatic rings. The molecule has 4 atom stereocenters. The van der Waals surface area contributed by atoms with Gasteiger partial charge in [0, 0.05) is 0 Å². The fourth-order valence-electron chi connectivity index (χ4n) is 4.94. The summed E-state index contributed by atoms with van der Waals surface area (Å²) in [7, 11) is 0. The third-order valence-corrected chi connectivity index (χ3v) is 6.99. The van der Waals surface area contributed by atoms with E-state index in [1.54, 1.807) is 12.1 Å². The lowest BCUT2D eigenvalue weighted by Crippen LogP contribution is -2.53. The van der Waals surface area contributed by atoms with Gasteiger partial charge in [0.05, 0.1) is 18.7 Å². The number of rotatable bonds is 8. The van der Waals surface area contributed by atoms with E-state index in [0.717, 1.165) is 31.2 Å². The molecule has 162 valence electrons. The Bertz CT molecular complexity index is 616. The van der Waals surface area contributed by atoms with Crippen molar-refractivity contribution in [1.29, 1.82) is 0 Å². The maximum atomic E-state index is 12.8. The van der Waals surface area contributed by atoms with E-state index < -0.39 is 12.1 Å². The van der Waals surface area contributed by atoms with Crippen LogP contribution in [0.2, 0.25) is 0 Å². The van der Waals surface area contributed by atoms with Gasteiger partial charge in [-0.05, 0) is 42.7 Å². The Morgan fingerprint density at radius 3 is 2.48 bits per heavy atom. The molecule has 2 fully saturated rings. The average molecular weight is 403 g/mol. The normalized spacial score (nSPS) is 29.8. The van der Waals surface area contributed by atoms with Crippen molar-refractivity contribution in [1.82, 2.24) is 10.6 Å². The number of hydrogen-bond acceptors (Lipinski definition) is 4. The van der Waals surface area contributed by atoms with E-state index in [2.05, 4.69) is 17.6 Å². The molecule has 1 aromatic carbocycles. The van der Waals surface area contributed by atoms with E-state index >= 15 is 0 Å². The number of amides is 1. The average Bonchev–Trinajstić information content (AvgIpc) is 2.77. The molecule has 1 aliphatic carbocycles. The Labute approximate surface area is 175 Å². The quantitative estimate of drug-likeness (QED) is 0.538. The van der Waals surface area contributed by atoms with Crippen LogP contribution in [0.4, 0.5) is 0 Å². The molecule has 1 aromatic rings. The summed E-state index contributed by atoms with van der Waals surface area (Å²) in [5, 5.41) is 26.4. The van der Waals surface area contributed by atoms with Crippen molar-refractivity contribution in [3.63, 3.8) is 0 Å². The Morgan fingerprint density at radius 1 is 1.10 bits per heavy atom. The van der Waals surface area contributed by atoms with Crippen LogP contribution in [-0.2, 0) is 4.79 Å². The fourth-order valence-corrected chi connectivity index (χ4v) is 4.94. The summed E-state index contributed by atoms with van der Waals surface area (Å²) in [5.41, 5.74) is 0.697. The molecule has 1 saturated carbocycles. The van der Waals surface area contributed by atoms with E-state index in [9.17, 15) is 15.0 Å². The standard InChI is InChI=1S/C24H38N2O3/c1-17-7-9-18(10-8-17)11-12-19-13-14-25-21(15-19)24(29)26-22(16-27)23(28)20-5-3-2-4-6-20/h2-6,17-19,21-23,25,27-28H,7-16H2,1H3,(H,26,29)/t17?,18?,19-,21-,22-,23+/m0/s1. The van der Waals surface area contributed by atoms with E-state index in [1.807, 2.05) is 18.2 Å². The zero-order valence-corrected chi connectivity index (χ0v) is 17.7. The van der Waals surface area contributed by atoms with Crippen molar-refractivity contribution in [2.75, 3.05) is 13.2 Å². The summed E-state index contributed by atoms with van der Waals surface area (Å²) in [6.07, 6.45) is 9.02. The van der Waals surface area contributed by atoms with Crippen LogP contribution in [0.3, 0.4) is 0 Å². The van der Waals surface area contributed by atoms with E-state index in [0.29, 0.717) is 11.5 Å². The summed E-state index contributed by atoms with van der Waals surface area (Å²) in [6, 6.07) is 8.24. The molecule has 4 N–H and O–H groups in total. The third-order valence-electron chi connectivity index (χ3n) is 6.99. The number of carbonyl (C=O) groups excluding carboxylic acids is 1. The van der Waals surface area contributed by atoms with Gasteiger partial charge in [-0.1, -0.05) is 75.8 Å². The Hall–Kier alpha value is -1.43. The number of piperidine rings is 1. The molecule has 1 aliphatic heterocycles. The summed E-state index contributed by atoms with van der Waals surface area (Å²) in [6.45, 7) is 2.92. The smallest absolute Gasteiger partial charge is 0.237 e. The summed E-state index contributed by atoms with van der Waals surface area (Å²) in [4.78, 5) is 12.8. The van der Waals surface area contributed by atoms with Crippen LogP contribution in [0.15, 0.2) is 30.3 Å². The SMILES string of the molecule is CC1CCC(CC[C@H]2CCN[C@H](C(=O)N[C@@H](CO)[C@H](O)c3ccccc3)C2)CC1. The Kier molecular flexibility index (Phi) is 8.52. The van der Waals surface area contributed by atoms with Gasteiger partial charge >= 0.3 is 0 Å². The van der Waals surface area contributed by atoms with Gasteiger partial charge in [0.25, 0.3) is 0 Å². The second-order valence-electron chi connectivity index (χ2n) is 9.25. The highest BCUT2D eigenvalue weighted by atomic mass is 16.3. The molecule has 0 radical (unpaired) electrons. The Morgan fingerprint density at radius 2 is 1.79 bits per heavy atom. The van der Waals surface area contributed by atoms with Gasteiger partial charge in [-0.25, -0.2) is 0 Å². The molecular formula is C24H38N2O3. The zero-order chi connectivity index (χ0) is 20.6. The first-order valence-electron chi connectivity index (χ1n) is 11.4. The van der Waals surface area contributed by atoms with Crippen molar-refractivity contribution >= 4 is 5.91 Å². The van der Waals surface area contributed by atoms with Crippen LogP contribution in [-0.4, -0.2) is 41.4 Å². The molecule has 5 heteroatoms. The van der Waals surface area contributed by atoms with Crippen LogP contribution < -0.4 is 10.6 Å². The van der Waals surface area contributed by atoms with Gasteiger partial charge in [0.2, 0.25) is 5.91 Å². The lowest BCUT2D eigenvalue weighted by Gasteiger charge is -2.33. The summed E-state index contributed by atoms with van der Waals surface area (Å²) >= 11 is 0. The minimum Gasteiger partial charge on any atom is -0.394 e. The molecule has 29 heavy (non-hydrogen) atoms. The van der Waals surface area contributed by atoms with Crippen LogP contribution >= 0.6 is 0 Å². The minimum absolute atomic E-state index is 0.116. The van der Waals surface area contributed by atoms with Crippen LogP contribution in [0, 0.1) is 17.8 Å². The highest BCUT2D eigenvalue weighted by Crippen LogP contribution is 2.33. The lowest BCUT2D eigenvalue weighted by molar-refractivity contribution is -0.126. The molecule has 5 nitrogen and oxygen atoms in total. The first-order chi connectivity index (χ1) is 14.1. The van der Waals surface area contributed by atoms with Gasteiger partial charge in [0.15, 0.2) is 0 Å². The summed E-state index contributed by atoms with van der Waals surface area (Å²) < 4.78 is 0. The third kappa shape index (κ3) is 6.53. The number of aliphatic hydroxyl groups excluding tert-OH is 2.